The number of hydrogen-bond donors (Lipinski definition) is 1. The Morgan fingerprint density at radius 1 is 1.60 bits per heavy atom. The summed E-state index contributed by atoms with van der Waals surface area (Å²) in [6, 6.07) is 4.71. The van der Waals surface area contributed by atoms with Gasteiger partial charge in [-0.1, -0.05) is 17.7 Å². The molecule has 0 aliphatic rings. The maximum Gasteiger partial charge on any atom is 0.274 e. The SMILES string of the molecule is CC(N)CCc1c(Cl)cccc1[N+](=O)[O-]. The van der Waals surface area contributed by atoms with Crippen LogP contribution < -0.4 is 5.73 Å². The zero-order valence-corrected chi connectivity index (χ0v) is 9.20. The van der Waals surface area contributed by atoms with Crippen molar-refractivity contribution in [3.63, 3.8) is 0 Å². The fourth-order valence-electron chi connectivity index (χ4n) is 1.34. The molecule has 1 unspecified atom stereocenters. The maximum absolute atomic E-state index is 10.7. The lowest BCUT2D eigenvalue weighted by atomic mass is 10.0. The lowest BCUT2D eigenvalue weighted by molar-refractivity contribution is -0.385. The van der Waals surface area contributed by atoms with E-state index in [0.29, 0.717) is 23.4 Å². The number of nitrogens with zero attached hydrogens (tertiary/aromatic N) is 1. The Balaban J connectivity index is 2.97. The third-order valence-electron chi connectivity index (χ3n) is 2.14. The Morgan fingerprint density at radius 2 is 2.27 bits per heavy atom. The lowest BCUT2D eigenvalue weighted by Crippen LogP contribution is -2.15. The first kappa shape index (κ1) is 11.9. The zero-order valence-electron chi connectivity index (χ0n) is 8.44. The van der Waals surface area contributed by atoms with Crippen LogP contribution in [-0.2, 0) is 6.42 Å². The van der Waals surface area contributed by atoms with E-state index < -0.39 is 4.92 Å². The molecule has 0 aliphatic heterocycles. The number of nitro benzene ring substituents is 1. The molecule has 0 bridgehead atoms. The number of nitro groups is 1. The smallest absolute Gasteiger partial charge is 0.274 e. The molecule has 15 heavy (non-hydrogen) atoms. The highest BCUT2D eigenvalue weighted by Crippen LogP contribution is 2.27. The summed E-state index contributed by atoms with van der Waals surface area (Å²) in [4.78, 5) is 10.3. The van der Waals surface area contributed by atoms with Gasteiger partial charge in [-0.2, -0.15) is 0 Å². The van der Waals surface area contributed by atoms with Crippen LogP contribution in [0.25, 0.3) is 0 Å². The summed E-state index contributed by atoms with van der Waals surface area (Å²) in [6.45, 7) is 1.86. The van der Waals surface area contributed by atoms with Gasteiger partial charge in [0.15, 0.2) is 0 Å². The molecule has 0 saturated heterocycles. The largest absolute Gasteiger partial charge is 0.328 e. The van der Waals surface area contributed by atoms with Crippen LogP contribution in [0.15, 0.2) is 18.2 Å². The molecule has 0 fully saturated rings. The second kappa shape index (κ2) is 5.09. The van der Waals surface area contributed by atoms with E-state index in [0.717, 1.165) is 0 Å². The van der Waals surface area contributed by atoms with Gasteiger partial charge in [-0.25, -0.2) is 0 Å². The second-order valence-electron chi connectivity index (χ2n) is 3.51. The van der Waals surface area contributed by atoms with Crippen molar-refractivity contribution in [3.05, 3.63) is 38.9 Å². The van der Waals surface area contributed by atoms with Gasteiger partial charge in [0.25, 0.3) is 5.69 Å². The Hall–Kier alpha value is -1.13. The van der Waals surface area contributed by atoms with Crippen LogP contribution in [0.5, 0.6) is 0 Å². The van der Waals surface area contributed by atoms with Gasteiger partial charge in [0, 0.05) is 17.7 Å². The molecule has 1 aromatic rings. The second-order valence-corrected chi connectivity index (χ2v) is 3.92. The molecule has 0 aromatic heterocycles. The van der Waals surface area contributed by atoms with E-state index in [1.807, 2.05) is 6.92 Å². The van der Waals surface area contributed by atoms with Gasteiger partial charge < -0.3 is 5.73 Å². The van der Waals surface area contributed by atoms with Gasteiger partial charge in [0.2, 0.25) is 0 Å². The Kier molecular flexibility index (Phi) is 4.05. The van der Waals surface area contributed by atoms with Crippen LogP contribution >= 0.6 is 11.6 Å². The van der Waals surface area contributed by atoms with Gasteiger partial charge in [-0.15, -0.1) is 0 Å². The fourth-order valence-corrected chi connectivity index (χ4v) is 1.60. The van der Waals surface area contributed by atoms with Crippen LogP contribution in [0, 0.1) is 10.1 Å². The maximum atomic E-state index is 10.7. The average molecular weight is 229 g/mol. The Labute approximate surface area is 93.2 Å². The average Bonchev–Trinajstić information content (AvgIpc) is 2.15. The molecule has 0 heterocycles. The van der Waals surface area contributed by atoms with Gasteiger partial charge >= 0.3 is 0 Å². The molecule has 0 radical (unpaired) electrons. The number of nitrogens with two attached hydrogens (primary N) is 1. The van der Waals surface area contributed by atoms with E-state index in [1.165, 1.54) is 6.07 Å². The molecule has 1 aromatic carbocycles. The quantitative estimate of drug-likeness (QED) is 0.636. The van der Waals surface area contributed by atoms with Gasteiger partial charge in [0.1, 0.15) is 0 Å². The van der Waals surface area contributed by atoms with Crippen molar-refractivity contribution in [2.75, 3.05) is 0 Å². The van der Waals surface area contributed by atoms with E-state index in [2.05, 4.69) is 0 Å². The summed E-state index contributed by atoms with van der Waals surface area (Å²) in [5.41, 5.74) is 6.25. The molecule has 1 rings (SSSR count). The van der Waals surface area contributed by atoms with Crippen LogP contribution in [0.1, 0.15) is 18.9 Å². The summed E-state index contributed by atoms with van der Waals surface area (Å²) in [6.07, 6.45) is 1.22. The Bertz CT molecular complexity index is 366. The minimum absolute atomic E-state index is 0.0147. The minimum Gasteiger partial charge on any atom is -0.328 e. The summed E-state index contributed by atoms with van der Waals surface area (Å²) in [5, 5.41) is 11.2. The van der Waals surface area contributed by atoms with Crippen molar-refractivity contribution in [2.24, 2.45) is 5.73 Å². The molecular formula is C10H13ClN2O2. The number of rotatable bonds is 4. The van der Waals surface area contributed by atoms with Gasteiger partial charge in [-0.3, -0.25) is 10.1 Å². The van der Waals surface area contributed by atoms with Crippen LogP contribution in [0.4, 0.5) is 5.69 Å². The number of benzene rings is 1. The van der Waals surface area contributed by atoms with Crippen molar-refractivity contribution in [1.29, 1.82) is 0 Å². The topological polar surface area (TPSA) is 69.2 Å². The Morgan fingerprint density at radius 3 is 2.80 bits per heavy atom. The van der Waals surface area contributed by atoms with Crippen LogP contribution in [-0.4, -0.2) is 11.0 Å². The first-order valence-electron chi connectivity index (χ1n) is 4.69. The van der Waals surface area contributed by atoms with Crippen molar-refractivity contribution < 1.29 is 4.92 Å². The molecule has 0 amide bonds. The normalized spacial score (nSPS) is 12.5. The molecule has 0 saturated carbocycles. The number of halogens is 1. The first-order chi connectivity index (χ1) is 7.02. The summed E-state index contributed by atoms with van der Waals surface area (Å²) in [7, 11) is 0. The molecule has 4 nitrogen and oxygen atoms in total. The predicted octanol–water partition coefficient (Wildman–Crippen LogP) is 2.53. The van der Waals surface area contributed by atoms with E-state index in [9.17, 15) is 10.1 Å². The van der Waals surface area contributed by atoms with E-state index >= 15 is 0 Å². The van der Waals surface area contributed by atoms with Crippen molar-refractivity contribution >= 4 is 17.3 Å². The summed E-state index contributed by atoms with van der Waals surface area (Å²) < 4.78 is 0. The monoisotopic (exact) mass is 228 g/mol. The summed E-state index contributed by atoms with van der Waals surface area (Å²) >= 11 is 5.91. The number of hydrogen-bond acceptors (Lipinski definition) is 3. The third kappa shape index (κ3) is 3.18. The van der Waals surface area contributed by atoms with E-state index in [1.54, 1.807) is 12.1 Å². The van der Waals surface area contributed by atoms with Crippen molar-refractivity contribution in [1.82, 2.24) is 0 Å². The minimum atomic E-state index is -0.414. The highest BCUT2D eigenvalue weighted by Gasteiger charge is 2.16. The molecule has 2 N–H and O–H groups in total. The van der Waals surface area contributed by atoms with Gasteiger partial charge in [-0.05, 0) is 25.8 Å². The third-order valence-corrected chi connectivity index (χ3v) is 2.49. The highest BCUT2D eigenvalue weighted by molar-refractivity contribution is 6.31. The highest BCUT2D eigenvalue weighted by atomic mass is 35.5. The van der Waals surface area contributed by atoms with Crippen molar-refractivity contribution in [3.8, 4) is 0 Å². The van der Waals surface area contributed by atoms with Crippen LogP contribution in [0.2, 0.25) is 5.02 Å². The first-order valence-corrected chi connectivity index (χ1v) is 5.07. The standard InChI is InChI=1S/C10H13ClN2O2/c1-7(12)5-6-8-9(11)3-2-4-10(8)13(14)15/h2-4,7H,5-6,12H2,1H3. The van der Waals surface area contributed by atoms with E-state index in [4.69, 9.17) is 17.3 Å². The predicted molar refractivity (Wildman–Crippen MR) is 60.1 cm³/mol. The van der Waals surface area contributed by atoms with Gasteiger partial charge in [0.05, 0.1) is 9.95 Å². The van der Waals surface area contributed by atoms with Crippen LogP contribution in [0.3, 0.4) is 0 Å². The molecular weight excluding hydrogens is 216 g/mol. The lowest BCUT2D eigenvalue weighted by Gasteiger charge is -2.07. The molecule has 1 atom stereocenters. The molecule has 0 aliphatic carbocycles. The van der Waals surface area contributed by atoms with Crippen molar-refractivity contribution in [2.45, 2.75) is 25.8 Å². The van der Waals surface area contributed by atoms with E-state index in [-0.39, 0.29) is 11.7 Å². The fraction of sp³-hybridized carbons (Fsp3) is 0.400. The molecule has 5 heteroatoms. The zero-order chi connectivity index (χ0) is 11.4. The summed E-state index contributed by atoms with van der Waals surface area (Å²) in [5.74, 6) is 0. The molecule has 82 valence electrons. The molecule has 0 spiro atoms.